The number of non-ortho nitro benzene ring substituents is 1. The second-order valence-electron chi connectivity index (χ2n) is 7.41. The van der Waals surface area contributed by atoms with E-state index in [9.17, 15) is 14.9 Å². The number of halogens is 1. The fourth-order valence-electron chi connectivity index (χ4n) is 4.00. The molecule has 1 atom stereocenters. The van der Waals surface area contributed by atoms with Crippen LogP contribution in [0.3, 0.4) is 0 Å². The van der Waals surface area contributed by atoms with Crippen LogP contribution in [-0.4, -0.2) is 30.9 Å². The topological polar surface area (TPSA) is 105 Å². The van der Waals surface area contributed by atoms with Gasteiger partial charge in [-0.3, -0.25) is 25.0 Å². The van der Waals surface area contributed by atoms with E-state index in [4.69, 9.17) is 11.6 Å². The van der Waals surface area contributed by atoms with Crippen LogP contribution in [0.25, 0.3) is 11.3 Å². The van der Waals surface area contributed by atoms with Crippen molar-refractivity contribution in [3.63, 3.8) is 0 Å². The SMILES string of the molecule is O=C1c2[nH]nc(-c3ccc(Cl)cc3)c2C(c2ccc([N+](=O)[O-])cc2)N1Cc1ccncc1. The van der Waals surface area contributed by atoms with Gasteiger partial charge in [0.15, 0.2) is 0 Å². The van der Waals surface area contributed by atoms with Crippen molar-refractivity contribution in [1.82, 2.24) is 20.1 Å². The number of nitro benzene ring substituents is 1. The predicted molar refractivity (Wildman–Crippen MR) is 118 cm³/mol. The zero-order valence-corrected chi connectivity index (χ0v) is 17.4. The lowest BCUT2D eigenvalue weighted by molar-refractivity contribution is -0.384. The van der Waals surface area contributed by atoms with Gasteiger partial charge in [0.1, 0.15) is 5.69 Å². The summed E-state index contributed by atoms with van der Waals surface area (Å²) in [6.45, 7) is 0.353. The Balaban J connectivity index is 1.64. The van der Waals surface area contributed by atoms with E-state index in [0.29, 0.717) is 23.0 Å². The van der Waals surface area contributed by atoms with Crippen LogP contribution in [0.5, 0.6) is 0 Å². The van der Waals surface area contributed by atoms with Crippen molar-refractivity contribution in [2.24, 2.45) is 0 Å². The van der Waals surface area contributed by atoms with Gasteiger partial charge in [-0.05, 0) is 47.5 Å². The van der Waals surface area contributed by atoms with E-state index >= 15 is 0 Å². The predicted octanol–water partition coefficient (Wildman–Crippen LogP) is 4.78. The van der Waals surface area contributed by atoms with E-state index in [1.165, 1.54) is 12.1 Å². The van der Waals surface area contributed by atoms with Crippen molar-refractivity contribution in [2.45, 2.75) is 12.6 Å². The number of nitro groups is 1. The van der Waals surface area contributed by atoms with Crippen LogP contribution in [-0.2, 0) is 6.54 Å². The minimum absolute atomic E-state index is 0.0101. The van der Waals surface area contributed by atoms with Crippen LogP contribution >= 0.6 is 11.6 Å². The normalized spacial score (nSPS) is 15.1. The zero-order chi connectivity index (χ0) is 22.2. The summed E-state index contributed by atoms with van der Waals surface area (Å²) >= 11 is 6.04. The number of nitrogens with zero attached hydrogens (tertiary/aromatic N) is 4. The lowest BCUT2D eigenvalue weighted by Crippen LogP contribution is -2.29. The summed E-state index contributed by atoms with van der Waals surface area (Å²) in [5, 5.41) is 19.0. The molecule has 0 radical (unpaired) electrons. The van der Waals surface area contributed by atoms with E-state index in [1.807, 2.05) is 24.3 Å². The Morgan fingerprint density at radius 1 is 1.03 bits per heavy atom. The molecule has 0 spiro atoms. The molecule has 158 valence electrons. The minimum atomic E-state index is -0.462. The van der Waals surface area contributed by atoms with Crippen LogP contribution in [0.2, 0.25) is 5.02 Å². The molecule has 2 aromatic heterocycles. The lowest BCUT2D eigenvalue weighted by atomic mass is 9.95. The van der Waals surface area contributed by atoms with E-state index in [0.717, 1.165) is 22.3 Å². The van der Waals surface area contributed by atoms with Crippen LogP contribution in [0.4, 0.5) is 5.69 Å². The molecule has 0 saturated heterocycles. The first-order chi connectivity index (χ1) is 15.5. The largest absolute Gasteiger partial charge is 0.322 e. The van der Waals surface area contributed by atoms with Crippen molar-refractivity contribution in [3.8, 4) is 11.3 Å². The standard InChI is InChI=1S/C23H16ClN5O3/c24-17-5-1-15(2-6-17)20-19-21(27-26-20)23(30)28(13-14-9-11-25-12-10-14)22(19)16-3-7-18(8-4-16)29(31)32/h1-12,22H,13H2,(H,26,27). The maximum Gasteiger partial charge on any atom is 0.273 e. The minimum Gasteiger partial charge on any atom is -0.322 e. The molecule has 8 nitrogen and oxygen atoms in total. The van der Waals surface area contributed by atoms with Gasteiger partial charge in [-0.25, -0.2) is 0 Å². The highest BCUT2D eigenvalue weighted by Crippen LogP contribution is 2.43. The van der Waals surface area contributed by atoms with Gasteiger partial charge >= 0.3 is 0 Å². The van der Waals surface area contributed by atoms with Crippen LogP contribution in [0, 0.1) is 10.1 Å². The molecule has 0 bridgehead atoms. The van der Waals surface area contributed by atoms with Gasteiger partial charge in [0.2, 0.25) is 0 Å². The Bertz CT molecular complexity index is 1300. The van der Waals surface area contributed by atoms with Crippen LogP contribution in [0.1, 0.15) is 33.2 Å². The highest BCUT2D eigenvalue weighted by molar-refractivity contribution is 6.30. The smallest absolute Gasteiger partial charge is 0.273 e. The number of pyridine rings is 1. The second kappa shape index (κ2) is 7.90. The lowest BCUT2D eigenvalue weighted by Gasteiger charge is -2.26. The Morgan fingerprint density at radius 2 is 1.72 bits per heavy atom. The number of carbonyl (C=O) groups excluding carboxylic acids is 1. The molecule has 9 heteroatoms. The molecule has 3 heterocycles. The summed E-state index contributed by atoms with van der Waals surface area (Å²) in [6, 6.07) is 16.7. The highest BCUT2D eigenvalue weighted by atomic mass is 35.5. The summed E-state index contributed by atoms with van der Waals surface area (Å²) in [7, 11) is 0. The molecule has 1 N–H and O–H groups in total. The average Bonchev–Trinajstić information content (AvgIpc) is 3.34. The summed E-state index contributed by atoms with van der Waals surface area (Å²) in [6.07, 6.45) is 3.35. The Morgan fingerprint density at radius 3 is 2.38 bits per heavy atom. The molecule has 5 rings (SSSR count). The Hall–Kier alpha value is -4.04. The van der Waals surface area contributed by atoms with E-state index in [2.05, 4.69) is 15.2 Å². The van der Waals surface area contributed by atoms with Gasteiger partial charge in [0.05, 0.1) is 16.7 Å². The van der Waals surface area contributed by atoms with Gasteiger partial charge in [-0.15, -0.1) is 0 Å². The number of hydrogen-bond donors (Lipinski definition) is 1. The van der Waals surface area contributed by atoms with Crippen molar-refractivity contribution >= 4 is 23.2 Å². The summed E-state index contributed by atoms with van der Waals surface area (Å²) in [5.41, 5.74) is 4.28. The summed E-state index contributed by atoms with van der Waals surface area (Å²) < 4.78 is 0. The third-order valence-electron chi connectivity index (χ3n) is 5.50. The quantitative estimate of drug-likeness (QED) is 0.351. The van der Waals surface area contributed by atoms with Crippen molar-refractivity contribution < 1.29 is 9.72 Å². The molecule has 0 fully saturated rings. The summed E-state index contributed by atoms with van der Waals surface area (Å²) in [5.74, 6) is -0.187. The first-order valence-electron chi connectivity index (χ1n) is 9.81. The fraction of sp³-hybridized carbons (Fsp3) is 0.0870. The molecular weight excluding hydrogens is 430 g/mol. The van der Waals surface area contributed by atoms with Crippen LogP contribution < -0.4 is 0 Å². The first-order valence-corrected chi connectivity index (χ1v) is 10.2. The Labute approximate surface area is 187 Å². The molecule has 1 aliphatic heterocycles. The molecule has 1 unspecified atom stereocenters. The van der Waals surface area contributed by atoms with Gasteiger partial charge < -0.3 is 4.90 Å². The molecule has 1 aliphatic rings. The average molecular weight is 446 g/mol. The number of H-pyrrole nitrogens is 1. The molecule has 0 aliphatic carbocycles. The number of benzene rings is 2. The number of carbonyl (C=O) groups is 1. The van der Waals surface area contributed by atoms with Crippen molar-refractivity contribution in [1.29, 1.82) is 0 Å². The molecular formula is C23H16ClN5O3. The maximum atomic E-state index is 13.4. The number of hydrogen-bond acceptors (Lipinski definition) is 5. The maximum absolute atomic E-state index is 13.4. The van der Waals surface area contributed by atoms with E-state index in [-0.39, 0.29) is 11.6 Å². The molecule has 32 heavy (non-hydrogen) atoms. The Kier molecular flexibility index (Phi) is 4.91. The molecule has 4 aromatic rings. The monoisotopic (exact) mass is 445 g/mol. The number of nitrogens with one attached hydrogen (secondary N) is 1. The van der Waals surface area contributed by atoms with Crippen molar-refractivity contribution in [2.75, 3.05) is 0 Å². The van der Waals surface area contributed by atoms with E-state index < -0.39 is 11.0 Å². The fourth-order valence-corrected chi connectivity index (χ4v) is 4.12. The van der Waals surface area contributed by atoms with Crippen molar-refractivity contribution in [3.05, 3.63) is 111 Å². The van der Waals surface area contributed by atoms with Crippen LogP contribution in [0.15, 0.2) is 73.1 Å². The zero-order valence-electron chi connectivity index (χ0n) is 16.6. The molecule has 0 saturated carbocycles. The first kappa shape index (κ1) is 19.9. The second-order valence-corrected chi connectivity index (χ2v) is 7.84. The van der Waals surface area contributed by atoms with E-state index in [1.54, 1.807) is 41.6 Å². The third-order valence-corrected chi connectivity index (χ3v) is 5.76. The molecule has 2 aromatic carbocycles. The number of amides is 1. The van der Waals surface area contributed by atoms with Gasteiger partial charge in [0.25, 0.3) is 11.6 Å². The van der Waals surface area contributed by atoms with Gasteiger partial charge in [-0.2, -0.15) is 5.10 Å². The highest BCUT2D eigenvalue weighted by Gasteiger charge is 2.42. The number of rotatable bonds is 5. The third kappa shape index (κ3) is 3.40. The number of aromatic nitrogens is 3. The summed E-state index contributed by atoms with van der Waals surface area (Å²) in [4.78, 5) is 29.8. The van der Waals surface area contributed by atoms with Gasteiger partial charge in [-0.1, -0.05) is 23.7 Å². The number of aromatic amines is 1. The van der Waals surface area contributed by atoms with Gasteiger partial charge in [0, 0.05) is 47.2 Å². The number of fused-ring (bicyclic) bond motifs is 1. The molecule has 1 amide bonds.